The SMILES string of the molecule is CC(=O)N1CCC(NCC2CN(C)CCN2C)CC1. The number of amides is 1. The Bertz CT molecular complexity index is 302. The standard InChI is InChI=1S/C14H28N4O/c1-12(19)18-6-4-13(5-7-18)15-10-14-11-16(2)8-9-17(14)3/h13-15H,4-11H2,1-3H3. The predicted molar refractivity (Wildman–Crippen MR) is 77.2 cm³/mol. The van der Waals surface area contributed by atoms with E-state index >= 15 is 0 Å². The summed E-state index contributed by atoms with van der Waals surface area (Å²) in [5.41, 5.74) is 0. The Hall–Kier alpha value is -0.650. The molecule has 110 valence electrons. The summed E-state index contributed by atoms with van der Waals surface area (Å²) in [6, 6.07) is 1.20. The van der Waals surface area contributed by atoms with Crippen LogP contribution in [0, 0.1) is 0 Å². The Morgan fingerprint density at radius 1 is 1.16 bits per heavy atom. The summed E-state index contributed by atoms with van der Waals surface area (Å²) >= 11 is 0. The normalized spacial score (nSPS) is 27.7. The van der Waals surface area contributed by atoms with E-state index in [0.717, 1.165) is 45.6 Å². The van der Waals surface area contributed by atoms with Crippen molar-refractivity contribution in [2.24, 2.45) is 0 Å². The zero-order chi connectivity index (χ0) is 13.8. The van der Waals surface area contributed by atoms with Crippen LogP contribution >= 0.6 is 0 Å². The van der Waals surface area contributed by atoms with Gasteiger partial charge in [0, 0.05) is 58.3 Å². The molecule has 19 heavy (non-hydrogen) atoms. The van der Waals surface area contributed by atoms with Crippen LogP contribution in [0.1, 0.15) is 19.8 Å². The highest BCUT2D eigenvalue weighted by Gasteiger charge is 2.24. The van der Waals surface area contributed by atoms with Gasteiger partial charge in [0.2, 0.25) is 5.91 Å². The van der Waals surface area contributed by atoms with Gasteiger partial charge in [0.15, 0.2) is 0 Å². The van der Waals surface area contributed by atoms with Gasteiger partial charge in [-0.1, -0.05) is 0 Å². The van der Waals surface area contributed by atoms with Gasteiger partial charge in [-0.2, -0.15) is 0 Å². The molecule has 5 nitrogen and oxygen atoms in total. The molecule has 0 aliphatic carbocycles. The first-order chi connectivity index (χ1) is 9.06. The molecule has 2 aliphatic heterocycles. The van der Waals surface area contributed by atoms with E-state index in [1.807, 2.05) is 4.90 Å². The summed E-state index contributed by atoms with van der Waals surface area (Å²) in [5.74, 6) is 0.215. The van der Waals surface area contributed by atoms with E-state index < -0.39 is 0 Å². The first-order valence-electron chi connectivity index (χ1n) is 7.44. The minimum absolute atomic E-state index is 0.215. The van der Waals surface area contributed by atoms with Crippen LogP contribution < -0.4 is 5.32 Å². The summed E-state index contributed by atoms with van der Waals surface area (Å²) in [5, 5.41) is 3.70. The average Bonchev–Trinajstić information content (AvgIpc) is 2.40. The number of nitrogens with one attached hydrogen (secondary N) is 1. The molecule has 0 saturated carbocycles. The monoisotopic (exact) mass is 268 g/mol. The maximum atomic E-state index is 11.3. The lowest BCUT2D eigenvalue weighted by atomic mass is 10.0. The molecule has 0 aromatic carbocycles. The second kappa shape index (κ2) is 6.68. The van der Waals surface area contributed by atoms with Crippen LogP contribution in [0.15, 0.2) is 0 Å². The molecular weight excluding hydrogens is 240 g/mol. The molecule has 2 saturated heterocycles. The lowest BCUT2D eigenvalue weighted by molar-refractivity contribution is -0.129. The van der Waals surface area contributed by atoms with Crippen molar-refractivity contribution >= 4 is 5.91 Å². The fraction of sp³-hybridized carbons (Fsp3) is 0.929. The van der Waals surface area contributed by atoms with E-state index in [2.05, 4.69) is 29.2 Å². The van der Waals surface area contributed by atoms with Crippen molar-refractivity contribution in [3.63, 3.8) is 0 Å². The Morgan fingerprint density at radius 3 is 2.47 bits per heavy atom. The average molecular weight is 268 g/mol. The quantitative estimate of drug-likeness (QED) is 0.771. The highest BCUT2D eigenvalue weighted by atomic mass is 16.2. The molecule has 5 heteroatoms. The van der Waals surface area contributed by atoms with Crippen molar-refractivity contribution in [1.82, 2.24) is 20.0 Å². The minimum atomic E-state index is 0.215. The highest BCUT2D eigenvalue weighted by molar-refractivity contribution is 5.73. The lowest BCUT2D eigenvalue weighted by Gasteiger charge is -2.39. The lowest BCUT2D eigenvalue weighted by Crippen LogP contribution is -2.55. The van der Waals surface area contributed by atoms with Gasteiger partial charge in [0.05, 0.1) is 0 Å². The number of carbonyl (C=O) groups excluding carboxylic acids is 1. The van der Waals surface area contributed by atoms with E-state index in [1.54, 1.807) is 6.92 Å². The molecule has 1 unspecified atom stereocenters. The van der Waals surface area contributed by atoms with Crippen LogP contribution in [0.4, 0.5) is 0 Å². The van der Waals surface area contributed by atoms with Gasteiger partial charge < -0.3 is 15.1 Å². The molecule has 1 atom stereocenters. The Morgan fingerprint density at radius 2 is 1.84 bits per heavy atom. The molecule has 2 heterocycles. The van der Waals surface area contributed by atoms with E-state index in [9.17, 15) is 4.79 Å². The zero-order valence-corrected chi connectivity index (χ0v) is 12.6. The second-order valence-corrected chi connectivity index (χ2v) is 6.09. The predicted octanol–water partition coefficient (Wildman–Crippen LogP) is -0.167. The van der Waals surface area contributed by atoms with E-state index in [1.165, 1.54) is 6.54 Å². The minimum Gasteiger partial charge on any atom is -0.343 e. The van der Waals surface area contributed by atoms with Crippen molar-refractivity contribution in [2.75, 3.05) is 53.4 Å². The number of nitrogens with zero attached hydrogens (tertiary/aromatic N) is 3. The van der Waals surface area contributed by atoms with Gasteiger partial charge >= 0.3 is 0 Å². The number of likely N-dealkylation sites (tertiary alicyclic amines) is 1. The fourth-order valence-electron chi connectivity index (χ4n) is 3.02. The summed E-state index contributed by atoms with van der Waals surface area (Å²) in [7, 11) is 4.42. The topological polar surface area (TPSA) is 38.8 Å². The largest absolute Gasteiger partial charge is 0.343 e. The molecule has 1 amide bonds. The fourth-order valence-corrected chi connectivity index (χ4v) is 3.02. The molecule has 2 fully saturated rings. The van der Waals surface area contributed by atoms with Crippen molar-refractivity contribution in [3.05, 3.63) is 0 Å². The van der Waals surface area contributed by atoms with Crippen LogP contribution in [0.5, 0.6) is 0 Å². The van der Waals surface area contributed by atoms with Gasteiger partial charge in [-0.25, -0.2) is 0 Å². The number of hydrogen-bond acceptors (Lipinski definition) is 4. The molecule has 0 bridgehead atoms. The van der Waals surface area contributed by atoms with E-state index in [-0.39, 0.29) is 5.91 Å². The van der Waals surface area contributed by atoms with Gasteiger partial charge in [0.1, 0.15) is 0 Å². The summed E-state index contributed by atoms with van der Waals surface area (Å²) in [6.07, 6.45) is 2.18. The van der Waals surface area contributed by atoms with Gasteiger partial charge in [-0.3, -0.25) is 9.69 Å². The van der Waals surface area contributed by atoms with Crippen LogP contribution in [0.2, 0.25) is 0 Å². The summed E-state index contributed by atoms with van der Waals surface area (Å²) in [6.45, 7) is 8.03. The molecule has 0 aromatic heterocycles. The molecule has 0 spiro atoms. The van der Waals surface area contributed by atoms with Gasteiger partial charge in [0.25, 0.3) is 0 Å². The molecule has 0 radical (unpaired) electrons. The van der Waals surface area contributed by atoms with Crippen LogP contribution in [-0.4, -0.2) is 86.1 Å². The van der Waals surface area contributed by atoms with Crippen molar-refractivity contribution < 1.29 is 4.79 Å². The van der Waals surface area contributed by atoms with Crippen LogP contribution in [-0.2, 0) is 4.79 Å². The first-order valence-corrected chi connectivity index (χ1v) is 7.44. The molecule has 0 aromatic rings. The van der Waals surface area contributed by atoms with Crippen molar-refractivity contribution in [2.45, 2.75) is 31.8 Å². The van der Waals surface area contributed by atoms with Crippen molar-refractivity contribution in [3.8, 4) is 0 Å². The van der Waals surface area contributed by atoms with Crippen molar-refractivity contribution in [1.29, 1.82) is 0 Å². The number of likely N-dealkylation sites (N-methyl/N-ethyl adjacent to an activating group) is 2. The smallest absolute Gasteiger partial charge is 0.219 e. The maximum Gasteiger partial charge on any atom is 0.219 e. The Balaban J connectivity index is 1.70. The van der Waals surface area contributed by atoms with Crippen LogP contribution in [0.3, 0.4) is 0 Å². The van der Waals surface area contributed by atoms with Crippen LogP contribution in [0.25, 0.3) is 0 Å². The van der Waals surface area contributed by atoms with E-state index in [4.69, 9.17) is 0 Å². The summed E-state index contributed by atoms with van der Waals surface area (Å²) < 4.78 is 0. The third-order valence-corrected chi connectivity index (χ3v) is 4.56. The number of hydrogen-bond donors (Lipinski definition) is 1. The molecule has 2 aliphatic rings. The third-order valence-electron chi connectivity index (χ3n) is 4.56. The zero-order valence-electron chi connectivity index (χ0n) is 12.6. The van der Waals surface area contributed by atoms with Gasteiger partial charge in [-0.05, 0) is 26.9 Å². The third kappa shape index (κ3) is 4.16. The summed E-state index contributed by atoms with van der Waals surface area (Å²) in [4.78, 5) is 18.1. The number of piperazine rings is 1. The first kappa shape index (κ1) is 14.8. The maximum absolute atomic E-state index is 11.3. The number of rotatable bonds is 3. The molecule has 2 rings (SSSR count). The number of carbonyl (C=O) groups is 1. The molecular formula is C14H28N4O. The Kier molecular flexibility index (Phi) is 5.19. The van der Waals surface area contributed by atoms with E-state index in [0.29, 0.717) is 12.1 Å². The highest BCUT2D eigenvalue weighted by Crippen LogP contribution is 2.11. The Labute approximate surface area is 116 Å². The second-order valence-electron chi connectivity index (χ2n) is 6.09. The number of piperidine rings is 1. The van der Waals surface area contributed by atoms with Gasteiger partial charge in [-0.15, -0.1) is 0 Å². The molecule has 1 N–H and O–H groups in total.